The third-order valence-corrected chi connectivity index (χ3v) is 5.75. The predicted molar refractivity (Wildman–Crippen MR) is 69.9 cm³/mol. The lowest BCUT2D eigenvalue weighted by Gasteiger charge is -2.29. The van der Waals surface area contributed by atoms with E-state index in [-0.39, 0.29) is 4.90 Å². The Morgan fingerprint density at radius 3 is 2.88 bits per heavy atom. The van der Waals surface area contributed by atoms with E-state index in [1.54, 1.807) is 11.8 Å². The van der Waals surface area contributed by atoms with E-state index in [1.807, 2.05) is 6.92 Å². The first-order valence-electron chi connectivity index (χ1n) is 5.23. The maximum Gasteiger partial charge on any atom is 0.244 e. The van der Waals surface area contributed by atoms with Crippen molar-refractivity contribution in [3.05, 3.63) is 23.5 Å². The molecule has 2 rings (SSSR count). The first kappa shape index (κ1) is 13.1. The van der Waals surface area contributed by atoms with Gasteiger partial charge in [-0.05, 0) is 12.1 Å². The van der Waals surface area contributed by atoms with Gasteiger partial charge in [0, 0.05) is 30.3 Å². The summed E-state index contributed by atoms with van der Waals surface area (Å²) in [5.41, 5.74) is 0. The molecule has 1 fully saturated rings. The number of aromatic nitrogens is 1. The summed E-state index contributed by atoms with van der Waals surface area (Å²) < 4.78 is 26.1. The minimum Gasteiger partial charge on any atom is -0.243 e. The van der Waals surface area contributed by atoms with Gasteiger partial charge in [0.15, 0.2) is 0 Å². The van der Waals surface area contributed by atoms with Crippen LogP contribution in [0, 0.1) is 0 Å². The number of rotatable bonds is 2. The molecule has 0 amide bonds. The van der Waals surface area contributed by atoms with Crippen molar-refractivity contribution < 1.29 is 8.42 Å². The summed E-state index contributed by atoms with van der Waals surface area (Å²) in [6.45, 7) is 3.14. The summed E-state index contributed by atoms with van der Waals surface area (Å²) in [6.07, 6.45) is 1.31. The Balaban J connectivity index is 2.26. The Morgan fingerprint density at radius 2 is 2.29 bits per heavy atom. The van der Waals surface area contributed by atoms with Crippen LogP contribution in [-0.2, 0) is 10.0 Å². The summed E-state index contributed by atoms with van der Waals surface area (Å²) in [5, 5.41) is 0.630. The van der Waals surface area contributed by atoms with Crippen LogP contribution in [0.3, 0.4) is 0 Å². The highest BCUT2D eigenvalue weighted by atomic mass is 35.5. The highest BCUT2D eigenvalue weighted by Gasteiger charge is 2.28. The Hall–Kier alpha value is -0.300. The molecule has 7 heteroatoms. The second-order valence-corrected chi connectivity index (χ2v) is 7.73. The number of halogens is 1. The summed E-state index contributed by atoms with van der Waals surface area (Å²) >= 11 is 7.44. The van der Waals surface area contributed by atoms with E-state index in [4.69, 9.17) is 11.6 Å². The van der Waals surface area contributed by atoms with E-state index in [9.17, 15) is 8.42 Å². The Bertz CT molecular complexity index is 490. The molecule has 94 valence electrons. The Labute approximate surface area is 110 Å². The first-order valence-corrected chi connectivity index (χ1v) is 8.10. The number of hydrogen-bond donors (Lipinski definition) is 0. The van der Waals surface area contributed by atoms with E-state index >= 15 is 0 Å². The van der Waals surface area contributed by atoms with Gasteiger partial charge < -0.3 is 0 Å². The van der Waals surface area contributed by atoms with Crippen LogP contribution in [0.2, 0.25) is 5.15 Å². The minimum atomic E-state index is -3.41. The van der Waals surface area contributed by atoms with E-state index in [2.05, 4.69) is 4.98 Å². The maximum atomic E-state index is 12.3. The minimum absolute atomic E-state index is 0.209. The molecular formula is C10H13ClN2O2S2. The van der Waals surface area contributed by atoms with E-state index in [0.29, 0.717) is 23.5 Å². The fourth-order valence-electron chi connectivity index (χ4n) is 1.67. The van der Waals surface area contributed by atoms with Gasteiger partial charge in [-0.3, -0.25) is 0 Å². The molecule has 0 aliphatic carbocycles. The maximum absolute atomic E-state index is 12.3. The van der Waals surface area contributed by atoms with Crippen molar-refractivity contribution in [2.45, 2.75) is 17.1 Å². The van der Waals surface area contributed by atoms with Gasteiger partial charge in [-0.25, -0.2) is 13.4 Å². The number of nitrogens with zero attached hydrogens (tertiary/aromatic N) is 2. The average molecular weight is 293 g/mol. The molecule has 2 heterocycles. The van der Waals surface area contributed by atoms with Crippen molar-refractivity contribution in [2.24, 2.45) is 0 Å². The molecule has 0 spiro atoms. The lowest BCUT2D eigenvalue weighted by Crippen LogP contribution is -2.40. The second kappa shape index (κ2) is 5.14. The largest absolute Gasteiger partial charge is 0.244 e. The number of pyridine rings is 1. The Kier molecular flexibility index (Phi) is 3.97. The standard InChI is InChI=1S/C10H13ClN2O2S2/c1-8-7-13(4-5-16-8)17(14,15)9-2-3-10(11)12-6-9/h2-3,6,8H,4-5,7H2,1H3. The summed E-state index contributed by atoms with van der Waals surface area (Å²) in [4.78, 5) is 4.02. The third-order valence-electron chi connectivity index (χ3n) is 2.54. The second-order valence-electron chi connectivity index (χ2n) is 3.86. The van der Waals surface area contributed by atoms with Gasteiger partial charge in [-0.1, -0.05) is 18.5 Å². The van der Waals surface area contributed by atoms with Crippen LogP contribution in [0.15, 0.2) is 23.2 Å². The third kappa shape index (κ3) is 2.93. The summed E-state index contributed by atoms with van der Waals surface area (Å²) in [7, 11) is -3.41. The molecular weight excluding hydrogens is 280 g/mol. The monoisotopic (exact) mass is 292 g/mol. The number of thioether (sulfide) groups is 1. The zero-order valence-corrected chi connectivity index (χ0v) is 11.7. The van der Waals surface area contributed by atoms with Gasteiger partial charge >= 0.3 is 0 Å². The molecule has 0 aromatic carbocycles. The van der Waals surface area contributed by atoms with Crippen LogP contribution in [-0.4, -0.2) is 41.8 Å². The van der Waals surface area contributed by atoms with Crippen LogP contribution in [0.5, 0.6) is 0 Å². The average Bonchev–Trinajstić information content (AvgIpc) is 2.29. The van der Waals surface area contributed by atoms with Crippen LogP contribution >= 0.6 is 23.4 Å². The molecule has 0 radical (unpaired) electrons. The van der Waals surface area contributed by atoms with Gasteiger partial charge in [0.25, 0.3) is 0 Å². The highest BCUT2D eigenvalue weighted by Crippen LogP contribution is 2.24. The molecule has 1 aliphatic rings. The first-order chi connectivity index (χ1) is 8.00. The van der Waals surface area contributed by atoms with E-state index < -0.39 is 10.0 Å². The fraction of sp³-hybridized carbons (Fsp3) is 0.500. The summed E-state index contributed by atoms with van der Waals surface area (Å²) in [5.74, 6) is 0.835. The molecule has 1 saturated heterocycles. The van der Waals surface area contributed by atoms with Crippen molar-refractivity contribution in [3.63, 3.8) is 0 Å². The van der Waals surface area contributed by atoms with E-state index in [0.717, 1.165) is 5.75 Å². The topological polar surface area (TPSA) is 50.3 Å². The van der Waals surface area contributed by atoms with Crippen molar-refractivity contribution in [3.8, 4) is 0 Å². The normalized spacial score (nSPS) is 22.6. The van der Waals surface area contributed by atoms with Crippen molar-refractivity contribution in [2.75, 3.05) is 18.8 Å². The van der Waals surface area contributed by atoms with Gasteiger partial charge in [0.05, 0.1) is 0 Å². The molecule has 0 N–H and O–H groups in total. The van der Waals surface area contributed by atoms with Gasteiger partial charge in [-0.2, -0.15) is 16.1 Å². The van der Waals surface area contributed by atoms with Gasteiger partial charge in [0.2, 0.25) is 10.0 Å². The lowest BCUT2D eigenvalue weighted by molar-refractivity contribution is 0.424. The summed E-state index contributed by atoms with van der Waals surface area (Å²) in [6, 6.07) is 2.99. The van der Waals surface area contributed by atoms with Crippen LogP contribution in [0.1, 0.15) is 6.92 Å². The zero-order chi connectivity index (χ0) is 12.5. The quantitative estimate of drug-likeness (QED) is 0.781. The molecule has 1 aromatic rings. The van der Waals surface area contributed by atoms with Gasteiger partial charge in [-0.15, -0.1) is 0 Å². The van der Waals surface area contributed by atoms with Gasteiger partial charge in [0.1, 0.15) is 10.0 Å². The SMILES string of the molecule is CC1CN(S(=O)(=O)c2ccc(Cl)nc2)CCS1. The highest BCUT2D eigenvalue weighted by molar-refractivity contribution is 8.00. The van der Waals surface area contributed by atoms with E-state index in [1.165, 1.54) is 22.6 Å². The molecule has 17 heavy (non-hydrogen) atoms. The molecule has 4 nitrogen and oxygen atoms in total. The van der Waals surface area contributed by atoms with Crippen molar-refractivity contribution in [1.29, 1.82) is 0 Å². The van der Waals surface area contributed by atoms with Crippen LogP contribution in [0.25, 0.3) is 0 Å². The number of sulfonamides is 1. The van der Waals surface area contributed by atoms with Crippen molar-refractivity contribution >= 4 is 33.4 Å². The number of hydrogen-bond acceptors (Lipinski definition) is 4. The smallest absolute Gasteiger partial charge is 0.243 e. The van der Waals surface area contributed by atoms with Crippen molar-refractivity contribution in [1.82, 2.24) is 9.29 Å². The Morgan fingerprint density at radius 1 is 1.53 bits per heavy atom. The lowest BCUT2D eigenvalue weighted by atomic mass is 10.4. The molecule has 0 saturated carbocycles. The molecule has 0 bridgehead atoms. The van der Waals surface area contributed by atoms with Crippen LogP contribution in [0.4, 0.5) is 0 Å². The molecule has 1 aromatic heterocycles. The molecule has 1 unspecified atom stereocenters. The molecule has 1 atom stereocenters. The fourth-order valence-corrected chi connectivity index (χ4v) is 4.48. The zero-order valence-electron chi connectivity index (χ0n) is 9.34. The predicted octanol–water partition coefficient (Wildman–Crippen LogP) is 1.86. The van der Waals surface area contributed by atoms with Crippen LogP contribution < -0.4 is 0 Å². The molecule has 1 aliphatic heterocycles.